The molecule has 0 radical (unpaired) electrons. The van der Waals surface area contributed by atoms with Crippen LogP contribution in [0.1, 0.15) is 271 Å². The van der Waals surface area contributed by atoms with E-state index in [-0.39, 0.29) is 19.0 Å². The Hall–Kier alpha value is -1.21. The molecule has 9 heteroatoms. The second-order valence-electron chi connectivity index (χ2n) is 17.3. The minimum Gasteiger partial charge on any atom is -0.462 e. The molecular formula is C50H97O8P. The highest BCUT2D eigenvalue weighted by molar-refractivity contribution is 7.47. The lowest BCUT2D eigenvalue weighted by Gasteiger charge is -2.19. The van der Waals surface area contributed by atoms with Crippen LogP contribution in [0.5, 0.6) is 0 Å². The van der Waals surface area contributed by atoms with Gasteiger partial charge in [-0.25, -0.2) is 4.57 Å². The van der Waals surface area contributed by atoms with Crippen molar-refractivity contribution in [1.82, 2.24) is 0 Å². The van der Waals surface area contributed by atoms with Gasteiger partial charge in [-0.3, -0.25) is 18.6 Å². The summed E-state index contributed by atoms with van der Waals surface area (Å²) in [6, 6.07) is 0. The third-order valence-corrected chi connectivity index (χ3v) is 12.4. The molecule has 0 aliphatic rings. The standard InChI is InChI=1S/C50H97O8P/c1-4-6-8-10-12-14-16-18-20-22-24-25-27-29-31-33-35-37-39-41-43-45-50(52)58-48(47-57-59(53,54)55-3)46-56-49(51)44-42-40-38-36-34-32-30-28-26-23-21-19-17-15-13-11-9-7-5-2/h22,24,48H,4-21,23,25-47H2,1-3H3,(H,53,54)/b24-22-. The molecular weight excluding hydrogens is 760 g/mol. The van der Waals surface area contributed by atoms with Crippen LogP contribution in [0.3, 0.4) is 0 Å². The molecule has 0 aromatic heterocycles. The van der Waals surface area contributed by atoms with Crippen LogP contribution in [0.25, 0.3) is 0 Å². The number of phosphoric acid groups is 1. The lowest BCUT2D eigenvalue weighted by atomic mass is 10.0. The van der Waals surface area contributed by atoms with Crippen molar-refractivity contribution >= 4 is 19.8 Å². The van der Waals surface area contributed by atoms with Gasteiger partial charge in [-0.05, 0) is 38.5 Å². The van der Waals surface area contributed by atoms with E-state index in [1.165, 1.54) is 205 Å². The van der Waals surface area contributed by atoms with Crippen LogP contribution in [0, 0.1) is 0 Å². The first kappa shape index (κ1) is 57.8. The Balaban J connectivity index is 3.87. The summed E-state index contributed by atoms with van der Waals surface area (Å²) in [4.78, 5) is 34.6. The van der Waals surface area contributed by atoms with Gasteiger partial charge in [0.05, 0.1) is 6.61 Å². The number of carbonyl (C=O) groups is 2. The number of rotatable bonds is 48. The van der Waals surface area contributed by atoms with Crippen LogP contribution >= 0.6 is 7.82 Å². The van der Waals surface area contributed by atoms with Gasteiger partial charge in [-0.2, -0.15) is 0 Å². The largest absolute Gasteiger partial charge is 0.472 e. The summed E-state index contributed by atoms with van der Waals surface area (Å²) in [5.74, 6) is -0.788. The van der Waals surface area contributed by atoms with E-state index in [0.717, 1.165) is 39.2 Å². The van der Waals surface area contributed by atoms with Crippen molar-refractivity contribution < 1.29 is 37.6 Å². The molecule has 0 saturated heterocycles. The predicted molar refractivity (Wildman–Crippen MR) is 249 cm³/mol. The number of ether oxygens (including phenoxy) is 2. The lowest BCUT2D eigenvalue weighted by Crippen LogP contribution is -2.29. The third kappa shape index (κ3) is 46.1. The summed E-state index contributed by atoms with van der Waals surface area (Å²) >= 11 is 0. The van der Waals surface area contributed by atoms with Gasteiger partial charge < -0.3 is 14.4 Å². The number of carbonyl (C=O) groups excluding carboxylic acids is 2. The Morgan fingerprint density at radius 1 is 0.458 bits per heavy atom. The molecule has 0 fully saturated rings. The van der Waals surface area contributed by atoms with Crippen molar-refractivity contribution in [2.24, 2.45) is 0 Å². The average molecular weight is 857 g/mol. The van der Waals surface area contributed by atoms with E-state index in [9.17, 15) is 19.0 Å². The topological polar surface area (TPSA) is 108 Å². The number of phosphoric ester groups is 1. The number of allylic oxidation sites excluding steroid dienone is 2. The molecule has 0 bridgehead atoms. The SMILES string of the molecule is CCCCCCCCCC/C=C\CCCCCCCCCCCC(=O)OC(COC(=O)CCCCCCCCCCCCCCCCCCCCC)COP(=O)(O)OC. The fraction of sp³-hybridized carbons (Fsp3) is 0.920. The summed E-state index contributed by atoms with van der Waals surface area (Å²) in [6.07, 6.45) is 52.7. The number of hydrogen-bond acceptors (Lipinski definition) is 7. The first-order chi connectivity index (χ1) is 28.8. The van der Waals surface area contributed by atoms with Crippen LogP contribution in [0.15, 0.2) is 12.2 Å². The van der Waals surface area contributed by atoms with E-state index in [4.69, 9.17) is 14.0 Å². The quantitative estimate of drug-likeness (QED) is 0.0279. The monoisotopic (exact) mass is 857 g/mol. The van der Waals surface area contributed by atoms with Crippen molar-refractivity contribution in [3.05, 3.63) is 12.2 Å². The lowest BCUT2D eigenvalue weighted by molar-refractivity contribution is -0.161. The number of hydrogen-bond donors (Lipinski definition) is 1. The smallest absolute Gasteiger partial charge is 0.462 e. The molecule has 8 nitrogen and oxygen atoms in total. The highest BCUT2D eigenvalue weighted by Crippen LogP contribution is 2.42. The zero-order valence-electron chi connectivity index (χ0n) is 39.2. The summed E-state index contributed by atoms with van der Waals surface area (Å²) in [5.41, 5.74) is 0. The van der Waals surface area contributed by atoms with Crippen LogP contribution in [0.4, 0.5) is 0 Å². The van der Waals surface area contributed by atoms with E-state index >= 15 is 0 Å². The van der Waals surface area contributed by atoms with Crippen molar-refractivity contribution in [2.45, 2.75) is 277 Å². The fourth-order valence-corrected chi connectivity index (χ4v) is 8.06. The van der Waals surface area contributed by atoms with Crippen LogP contribution < -0.4 is 0 Å². The number of unbranched alkanes of at least 4 members (excludes halogenated alkanes) is 35. The first-order valence-electron chi connectivity index (χ1n) is 25.4. The molecule has 350 valence electrons. The summed E-state index contributed by atoms with van der Waals surface area (Å²) in [7, 11) is -3.19. The maximum absolute atomic E-state index is 12.6. The molecule has 2 atom stereocenters. The molecule has 0 heterocycles. The molecule has 0 aromatic carbocycles. The van der Waals surface area contributed by atoms with E-state index in [2.05, 4.69) is 30.5 Å². The van der Waals surface area contributed by atoms with E-state index in [0.29, 0.717) is 12.8 Å². The Morgan fingerprint density at radius 2 is 0.763 bits per heavy atom. The van der Waals surface area contributed by atoms with Gasteiger partial charge in [0.25, 0.3) is 0 Å². The van der Waals surface area contributed by atoms with Gasteiger partial charge in [0.15, 0.2) is 6.10 Å². The number of esters is 2. The molecule has 2 unspecified atom stereocenters. The summed E-state index contributed by atoms with van der Waals surface area (Å²) in [5, 5.41) is 0. The zero-order valence-corrected chi connectivity index (χ0v) is 40.1. The van der Waals surface area contributed by atoms with Gasteiger partial charge in [0, 0.05) is 20.0 Å². The second-order valence-corrected chi connectivity index (χ2v) is 18.9. The van der Waals surface area contributed by atoms with Gasteiger partial charge in [0.1, 0.15) is 6.61 Å². The van der Waals surface area contributed by atoms with Gasteiger partial charge >= 0.3 is 19.8 Å². The molecule has 0 aliphatic heterocycles. The maximum Gasteiger partial charge on any atom is 0.472 e. The Morgan fingerprint density at radius 3 is 1.10 bits per heavy atom. The molecule has 0 aliphatic carbocycles. The van der Waals surface area contributed by atoms with Crippen LogP contribution in [-0.2, 0) is 32.7 Å². The van der Waals surface area contributed by atoms with Crippen LogP contribution in [0.2, 0.25) is 0 Å². The third-order valence-electron chi connectivity index (χ3n) is 11.5. The molecule has 0 saturated carbocycles. The summed E-state index contributed by atoms with van der Waals surface area (Å²) in [6.45, 7) is 3.94. The molecule has 59 heavy (non-hydrogen) atoms. The summed E-state index contributed by atoms with van der Waals surface area (Å²) < 4.78 is 32.1. The highest BCUT2D eigenvalue weighted by atomic mass is 31.2. The van der Waals surface area contributed by atoms with Crippen molar-refractivity contribution in [3.63, 3.8) is 0 Å². The molecule has 0 aromatic rings. The normalized spacial score (nSPS) is 13.2. The molecule has 0 spiro atoms. The fourth-order valence-electron chi connectivity index (χ4n) is 7.60. The second kappa shape index (κ2) is 46.3. The maximum atomic E-state index is 12.6. The van der Waals surface area contributed by atoms with Crippen molar-refractivity contribution in [2.75, 3.05) is 20.3 Å². The predicted octanol–water partition coefficient (Wildman–Crippen LogP) is 16.4. The van der Waals surface area contributed by atoms with Gasteiger partial charge in [-0.1, -0.05) is 231 Å². The van der Waals surface area contributed by atoms with E-state index in [1.54, 1.807) is 0 Å². The Kier molecular flexibility index (Phi) is 45.3. The zero-order chi connectivity index (χ0) is 43.2. The average Bonchev–Trinajstić information content (AvgIpc) is 3.23. The van der Waals surface area contributed by atoms with E-state index in [1.807, 2.05) is 0 Å². The molecule has 0 amide bonds. The van der Waals surface area contributed by atoms with Crippen molar-refractivity contribution in [1.29, 1.82) is 0 Å². The molecule has 1 N–H and O–H groups in total. The minimum atomic E-state index is -4.26. The first-order valence-corrected chi connectivity index (χ1v) is 26.9. The van der Waals surface area contributed by atoms with E-state index < -0.39 is 26.5 Å². The highest BCUT2D eigenvalue weighted by Gasteiger charge is 2.24. The Bertz CT molecular complexity index is 973. The Labute approximate surface area is 365 Å². The molecule has 0 rings (SSSR count). The minimum absolute atomic E-state index is 0.219. The van der Waals surface area contributed by atoms with Crippen molar-refractivity contribution in [3.8, 4) is 0 Å². The van der Waals surface area contributed by atoms with Gasteiger partial charge in [0.2, 0.25) is 0 Å². The van der Waals surface area contributed by atoms with Gasteiger partial charge in [-0.15, -0.1) is 0 Å². The van der Waals surface area contributed by atoms with Crippen LogP contribution in [-0.4, -0.2) is 43.3 Å².